The number of thioether (sulfide) groups is 1. The molecular weight excluding hydrogens is 374 g/mol. The van der Waals surface area contributed by atoms with Crippen LogP contribution in [0.1, 0.15) is 6.92 Å². The Balaban J connectivity index is 1.77. The van der Waals surface area contributed by atoms with Gasteiger partial charge in [0.2, 0.25) is 5.91 Å². The van der Waals surface area contributed by atoms with Gasteiger partial charge in [0.25, 0.3) is 0 Å². The number of carbonyl (C=O) groups excluding carboxylic acids is 1. The predicted molar refractivity (Wildman–Crippen MR) is 98.2 cm³/mol. The summed E-state index contributed by atoms with van der Waals surface area (Å²) in [5, 5.41) is 10.1. The fourth-order valence-corrected chi connectivity index (χ4v) is 3.17. The van der Waals surface area contributed by atoms with Crippen LogP contribution in [-0.2, 0) is 4.79 Å². The Labute approximate surface area is 158 Å². The summed E-state index contributed by atoms with van der Waals surface area (Å²) in [7, 11) is 1.56. The van der Waals surface area contributed by atoms with Crippen molar-refractivity contribution >= 4 is 23.4 Å². The molecule has 3 aromatic rings. The smallest absolute Gasteiger partial charge is 0.237 e. The van der Waals surface area contributed by atoms with Crippen molar-refractivity contribution in [3.05, 3.63) is 60.4 Å². The molecule has 1 amide bonds. The fourth-order valence-electron chi connectivity index (χ4n) is 2.34. The highest BCUT2D eigenvalue weighted by atomic mass is 32.2. The lowest BCUT2D eigenvalue weighted by Gasteiger charge is -2.14. The molecule has 0 aliphatic heterocycles. The molecule has 1 unspecified atom stereocenters. The van der Waals surface area contributed by atoms with Crippen LogP contribution >= 0.6 is 11.8 Å². The summed E-state index contributed by atoms with van der Waals surface area (Å²) < 4.78 is 34.0. The molecule has 0 aliphatic rings. The Bertz CT molecular complexity index is 964. The molecule has 0 spiro atoms. The first-order chi connectivity index (χ1) is 13.0. The molecule has 3 rings (SSSR count). The van der Waals surface area contributed by atoms with E-state index in [0.29, 0.717) is 10.9 Å². The molecule has 140 valence electrons. The average molecular weight is 390 g/mol. The molecule has 0 saturated heterocycles. The fraction of sp³-hybridized carbons (Fsp3) is 0.167. The van der Waals surface area contributed by atoms with Crippen molar-refractivity contribution in [3.8, 4) is 11.4 Å². The zero-order valence-corrected chi connectivity index (χ0v) is 15.3. The number of anilines is 1. The van der Waals surface area contributed by atoms with Crippen LogP contribution in [-0.4, -0.2) is 33.0 Å². The number of hydrogen-bond donors (Lipinski definition) is 1. The Hall–Kier alpha value is -2.94. The van der Waals surface area contributed by atoms with Gasteiger partial charge in [0.15, 0.2) is 5.16 Å². The van der Waals surface area contributed by atoms with E-state index in [2.05, 4.69) is 15.5 Å². The van der Waals surface area contributed by atoms with E-state index in [-0.39, 0.29) is 5.69 Å². The minimum Gasteiger partial charge on any atom is -0.495 e. The predicted octanol–water partition coefficient (Wildman–Crippen LogP) is 3.67. The van der Waals surface area contributed by atoms with Crippen molar-refractivity contribution in [3.63, 3.8) is 0 Å². The summed E-state index contributed by atoms with van der Waals surface area (Å²) in [6.07, 6.45) is 1.51. The minimum atomic E-state index is -0.709. The van der Waals surface area contributed by atoms with Crippen LogP contribution < -0.4 is 10.1 Å². The van der Waals surface area contributed by atoms with E-state index in [0.717, 1.165) is 35.6 Å². The SMILES string of the molecule is COc1ccccc1-n1cnnc1SC(C)C(=O)Nc1cc(F)ccc1F. The number of nitrogens with one attached hydrogen (secondary N) is 1. The first kappa shape index (κ1) is 18.8. The molecule has 27 heavy (non-hydrogen) atoms. The normalized spacial score (nSPS) is 11.9. The molecule has 1 aromatic heterocycles. The van der Waals surface area contributed by atoms with Crippen LogP contribution in [0.3, 0.4) is 0 Å². The highest BCUT2D eigenvalue weighted by Gasteiger charge is 2.20. The number of ether oxygens (including phenoxy) is 1. The lowest BCUT2D eigenvalue weighted by molar-refractivity contribution is -0.115. The Morgan fingerprint density at radius 3 is 2.81 bits per heavy atom. The van der Waals surface area contributed by atoms with E-state index < -0.39 is 22.8 Å². The number of rotatable bonds is 6. The Morgan fingerprint density at radius 2 is 2.04 bits per heavy atom. The van der Waals surface area contributed by atoms with E-state index in [1.165, 1.54) is 6.33 Å². The van der Waals surface area contributed by atoms with Crippen molar-refractivity contribution < 1.29 is 18.3 Å². The van der Waals surface area contributed by atoms with Gasteiger partial charge in [0.05, 0.1) is 23.7 Å². The quantitative estimate of drug-likeness (QED) is 0.651. The van der Waals surface area contributed by atoms with Gasteiger partial charge < -0.3 is 10.1 Å². The first-order valence-electron chi connectivity index (χ1n) is 7.95. The number of amides is 1. The molecule has 9 heteroatoms. The molecular formula is C18H16F2N4O2S. The second-order valence-corrected chi connectivity index (χ2v) is 6.84. The van der Waals surface area contributed by atoms with Crippen molar-refractivity contribution in [2.75, 3.05) is 12.4 Å². The number of carbonyl (C=O) groups is 1. The molecule has 0 radical (unpaired) electrons. The van der Waals surface area contributed by atoms with Crippen molar-refractivity contribution in [2.24, 2.45) is 0 Å². The highest BCUT2D eigenvalue weighted by Crippen LogP contribution is 2.29. The maximum Gasteiger partial charge on any atom is 0.237 e. The van der Waals surface area contributed by atoms with Crippen molar-refractivity contribution in [1.29, 1.82) is 0 Å². The van der Waals surface area contributed by atoms with Gasteiger partial charge in [0, 0.05) is 6.07 Å². The van der Waals surface area contributed by atoms with Crippen LogP contribution in [0.2, 0.25) is 0 Å². The van der Waals surface area contributed by atoms with Crippen LogP contribution in [0.15, 0.2) is 53.9 Å². The molecule has 1 heterocycles. The number of para-hydroxylation sites is 2. The van der Waals surface area contributed by atoms with Crippen LogP contribution in [0, 0.1) is 11.6 Å². The molecule has 0 bridgehead atoms. The second-order valence-electron chi connectivity index (χ2n) is 5.53. The second kappa shape index (κ2) is 8.17. The number of methoxy groups -OCH3 is 1. The molecule has 2 aromatic carbocycles. The highest BCUT2D eigenvalue weighted by molar-refractivity contribution is 8.00. The molecule has 1 N–H and O–H groups in total. The summed E-state index contributed by atoms with van der Waals surface area (Å²) >= 11 is 1.13. The number of halogens is 2. The summed E-state index contributed by atoms with van der Waals surface area (Å²) in [5.74, 6) is -1.21. The van der Waals surface area contributed by atoms with Gasteiger partial charge >= 0.3 is 0 Å². The average Bonchev–Trinajstić information content (AvgIpc) is 3.12. The third-order valence-corrected chi connectivity index (χ3v) is 4.76. The van der Waals surface area contributed by atoms with E-state index in [1.54, 1.807) is 24.7 Å². The summed E-state index contributed by atoms with van der Waals surface area (Å²) in [6, 6.07) is 10.2. The zero-order valence-electron chi connectivity index (χ0n) is 14.5. The van der Waals surface area contributed by atoms with Gasteiger partial charge in [-0.05, 0) is 31.2 Å². The largest absolute Gasteiger partial charge is 0.495 e. The molecule has 0 fully saturated rings. The van der Waals surface area contributed by atoms with E-state index in [4.69, 9.17) is 4.74 Å². The monoisotopic (exact) mass is 390 g/mol. The topological polar surface area (TPSA) is 69.0 Å². The lowest BCUT2D eigenvalue weighted by atomic mass is 10.3. The molecule has 1 atom stereocenters. The minimum absolute atomic E-state index is 0.210. The Morgan fingerprint density at radius 1 is 1.26 bits per heavy atom. The Kier molecular flexibility index (Phi) is 5.70. The maximum absolute atomic E-state index is 13.7. The van der Waals surface area contributed by atoms with Crippen LogP contribution in [0.25, 0.3) is 5.69 Å². The third-order valence-electron chi connectivity index (χ3n) is 3.70. The lowest BCUT2D eigenvalue weighted by Crippen LogP contribution is -2.23. The number of nitrogens with zero attached hydrogens (tertiary/aromatic N) is 3. The number of hydrogen-bond acceptors (Lipinski definition) is 5. The maximum atomic E-state index is 13.7. The first-order valence-corrected chi connectivity index (χ1v) is 8.83. The van der Waals surface area contributed by atoms with Crippen LogP contribution in [0.4, 0.5) is 14.5 Å². The standard InChI is InChI=1S/C18H16F2N4O2S/c1-11(17(25)22-14-9-12(19)7-8-13(14)20)27-18-23-21-10-24(18)15-5-3-4-6-16(15)26-2/h3-11H,1-2H3,(H,22,25). The van der Waals surface area contributed by atoms with Crippen LogP contribution in [0.5, 0.6) is 5.75 Å². The molecule has 0 saturated carbocycles. The summed E-state index contributed by atoms with van der Waals surface area (Å²) in [4.78, 5) is 12.4. The van der Waals surface area contributed by atoms with Crippen molar-refractivity contribution in [1.82, 2.24) is 14.8 Å². The van der Waals surface area contributed by atoms with Gasteiger partial charge in [-0.2, -0.15) is 0 Å². The van der Waals surface area contributed by atoms with Gasteiger partial charge in [0.1, 0.15) is 23.7 Å². The van der Waals surface area contributed by atoms with Gasteiger partial charge in [-0.1, -0.05) is 23.9 Å². The van der Waals surface area contributed by atoms with Gasteiger partial charge in [-0.25, -0.2) is 8.78 Å². The summed E-state index contributed by atoms with van der Waals surface area (Å²) in [5.41, 5.74) is 0.509. The van der Waals surface area contributed by atoms with Gasteiger partial charge in [-0.15, -0.1) is 10.2 Å². The van der Waals surface area contributed by atoms with E-state index in [9.17, 15) is 13.6 Å². The third kappa shape index (κ3) is 4.25. The number of benzene rings is 2. The van der Waals surface area contributed by atoms with Crippen molar-refractivity contribution in [2.45, 2.75) is 17.3 Å². The molecule has 0 aliphatic carbocycles. The number of aromatic nitrogens is 3. The van der Waals surface area contributed by atoms with Gasteiger partial charge in [-0.3, -0.25) is 9.36 Å². The summed E-state index contributed by atoms with van der Waals surface area (Å²) in [6.45, 7) is 1.64. The van der Waals surface area contributed by atoms with E-state index in [1.807, 2.05) is 18.2 Å². The zero-order chi connectivity index (χ0) is 19.4. The molecule has 6 nitrogen and oxygen atoms in total. The van der Waals surface area contributed by atoms with E-state index >= 15 is 0 Å².